The molecule has 0 aromatic heterocycles. The van der Waals surface area contributed by atoms with E-state index in [9.17, 15) is 9.59 Å². The smallest absolute Gasteiger partial charge is 0.316 e. The van der Waals surface area contributed by atoms with E-state index >= 15 is 0 Å². The Morgan fingerprint density at radius 2 is 2.07 bits per heavy atom. The number of ether oxygens (including phenoxy) is 1. The Hall–Kier alpha value is -1.12. The van der Waals surface area contributed by atoms with Gasteiger partial charge >= 0.3 is 5.97 Å². The molecule has 3 nitrogen and oxygen atoms in total. The van der Waals surface area contributed by atoms with Crippen LogP contribution in [-0.4, -0.2) is 18.4 Å². The first kappa shape index (κ1) is 13.9. The van der Waals surface area contributed by atoms with Gasteiger partial charge in [0.1, 0.15) is 11.7 Å². The van der Waals surface area contributed by atoms with Gasteiger partial charge in [0.15, 0.2) is 0 Å². The second-order valence-corrected chi connectivity index (χ2v) is 3.49. The maximum absolute atomic E-state index is 11.4. The minimum Gasteiger partial charge on any atom is -0.465 e. The Balaban J connectivity index is 3.99. The third-order valence-corrected chi connectivity index (χ3v) is 2.21. The van der Waals surface area contributed by atoms with Crippen LogP contribution in [0.5, 0.6) is 0 Å². The molecule has 0 fully saturated rings. The number of ketones is 1. The zero-order valence-electron chi connectivity index (χ0n) is 9.62. The molecule has 0 heterocycles. The van der Waals surface area contributed by atoms with E-state index in [1.54, 1.807) is 6.92 Å². The van der Waals surface area contributed by atoms with E-state index in [2.05, 4.69) is 6.58 Å². The monoisotopic (exact) mass is 212 g/mol. The number of carbonyl (C=O) groups is 2. The topological polar surface area (TPSA) is 43.4 Å². The summed E-state index contributed by atoms with van der Waals surface area (Å²) < 4.78 is 4.84. The van der Waals surface area contributed by atoms with Crippen LogP contribution in [0.3, 0.4) is 0 Å². The van der Waals surface area contributed by atoms with Crippen LogP contribution in [0.15, 0.2) is 12.7 Å². The van der Waals surface area contributed by atoms with Crippen molar-refractivity contribution in [1.82, 2.24) is 0 Å². The number of carbonyl (C=O) groups excluding carboxylic acids is 2. The van der Waals surface area contributed by atoms with Crippen molar-refractivity contribution in [3.63, 3.8) is 0 Å². The predicted molar refractivity (Wildman–Crippen MR) is 59.5 cm³/mol. The maximum Gasteiger partial charge on any atom is 0.316 e. The van der Waals surface area contributed by atoms with Crippen molar-refractivity contribution in [1.29, 1.82) is 0 Å². The highest BCUT2D eigenvalue weighted by atomic mass is 16.5. The van der Waals surface area contributed by atoms with Crippen LogP contribution >= 0.6 is 0 Å². The molecular formula is C12H20O3. The fraction of sp³-hybridized carbons (Fsp3) is 0.667. The third kappa shape index (κ3) is 6.05. The highest BCUT2D eigenvalue weighted by Gasteiger charge is 2.23. The van der Waals surface area contributed by atoms with E-state index in [1.165, 1.54) is 6.92 Å². The van der Waals surface area contributed by atoms with Crippen LogP contribution in [0.4, 0.5) is 0 Å². The normalized spacial score (nSPS) is 11.9. The number of hydrogen-bond acceptors (Lipinski definition) is 3. The lowest BCUT2D eigenvalue weighted by Crippen LogP contribution is -2.24. The predicted octanol–water partition coefficient (Wildman–Crippen LogP) is 2.50. The number of allylic oxidation sites excluding steroid dienone is 1. The van der Waals surface area contributed by atoms with Crippen molar-refractivity contribution in [3.05, 3.63) is 12.7 Å². The molecule has 0 spiro atoms. The molecule has 3 heteroatoms. The van der Waals surface area contributed by atoms with E-state index in [0.29, 0.717) is 13.0 Å². The molecule has 0 bridgehead atoms. The molecule has 0 rings (SSSR count). The molecule has 0 amide bonds. The van der Waals surface area contributed by atoms with E-state index in [-0.39, 0.29) is 11.8 Å². The van der Waals surface area contributed by atoms with Crippen LogP contribution in [0.2, 0.25) is 0 Å². The fourth-order valence-electron chi connectivity index (χ4n) is 1.37. The number of unbranched alkanes of at least 4 members (excludes halogenated alkanes) is 2. The number of rotatable bonds is 8. The van der Waals surface area contributed by atoms with Gasteiger partial charge < -0.3 is 4.74 Å². The van der Waals surface area contributed by atoms with Gasteiger partial charge in [-0.05, 0) is 33.1 Å². The average Bonchev–Trinajstić information content (AvgIpc) is 2.17. The summed E-state index contributed by atoms with van der Waals surface area (Å²) in [4.78, 5) is 22.6. The molecule has 0 aliphatic heterocycles. The van der Waals surface area contributed by atoms with Crippen LogP contribution < -0.4 is 0 Å². The molecule has 1 atom stereocenters. The summed E-state index contributed by atoms with van der Waals surface area (Å²) in [5.41, 5.74) is 0. The molecule has 1 unspecified atom stereocenters. The summed E-state index contributed by atoms with van der Waals surface area (Å²) >= 11 is 0. The van der Waals surface area contributed by atoms with Gasteiger partial charge in [-0.2, -0.15) is 0 Å². The van der Waals surface area contributed by atoms with Crippen LogP contribution in [0, 0.1) is 5.92 Å². The van der Waals surface area contributed by atoms with Crippen molar-refractivity contribution in [2.24, 2.45) is 5.92 Å². The molecule has 0 radical (unpaired) electrons. The fourth-order valence-corrected chi connectivity index (χ4v) is 1.37. The summed E-state index contributed by atoms with van der Waals surface area (Å²) in [6.07, 6.45) is 5.17. The first-order chi connectivity index (χ1) is 7.13. The van der Waals surface area contributed by atoms with Crippen molar-refractivity contribution >= 4 is 11.8 Å². The molecule has 0 saturated carbocycles. The van der Waals surface area contributed by atoms with E-state index in [4.69, 9.17) is 4.74 Å². The second-order valence-electron chi connectivity index (χ2n) is 3.49. The lowest BCUT2D eigenvalue weighted by molar-refractivity contribution is -0.151. The standard InChI is InChI=1S/C12H20O3/c1-4-6-7-8-9-11(10(3)13)12(14)15-5-2/h4,11H,1,5-9H2,2-3H3. The molecule has 0 aliphatic carbocycles. The van der Waals surface area contributed by atoms with Gasteiger partial charge in [-0.25, -0.2) is 0 Å². The van der Waals surface area contributed by atoms with Crippen molar-refractivity contribution < 1.29 is 14.3 Å². The lowest BCUT2D eigenvalue weighted by Gasteiger charge is -2.11. The molecule has 0 aliphatic rings. The van der Waals surface area contributed by atoms with Crippen molar-refractivity contribution in [3.8, 4) is 0 Å². The summed E-state index contributed by atoms with van der Waals surface area (Å²) in [6.45, 7) is 7.13. The Morgan fingerprint density at radius 3 is 2.53 bits per heavy atom. The average molecular weight is 212 g/mol. The largest absolute Gasteiger partial charge is 0.465 e. The van der Waals surface area contributed by atoms with Crippen LogP contribution in [0.1, 0.15) is 39.5 Å². The van der Waals surface area contributed by atoms with Gasteiger partial charge in [-0.1, -0.05) is 12.5 Å². The quantitative estimate of drug-likeness (QED) is 0.269. The zero-order valence-corrected chi connectivity index (χ0v) is 9.62. The van der Waals surface area contributed by atoms with E-state index in [1.807, 2.05) is 6.08 Å². The van der Waals surface area contributed by atoms with Crippen molar-refractivity contribution in [2.75, 3.05) is 6.61 Å². The Kier molecular flexibility index (Phi) is 7.60. The Bertz CT molecular complexity index is 221. The SMILES string of the molecule is C=CCCCCC(C(C)=O)C(=O)OCC. The Labute approximate surface area is 91.5 Å². The summed E-state index contributed by atoms with van der Waals surface area (Å²) in [5.74, 6) is -1.06. The van der Waals surface area contributed by atoms with Gasteiger partial charge in [0.05, 0.1) is 6.61 Å². The summed E-state index contributed by atoms with van der Waals surface area (Å²) in [5, 5.41) is 0. The molecule has 15 heavy (non-hydrogen) atoms. The highest BCUT2D eigenvalue weighted by Crippen LogP contribution is 2.13. The Morgan fingerprint density at radius 1 is 1.40 bits per heavy atom. The van der Waals surface area contributed by atoms with Crippen molar-refractivity contribution in [2.45, 2.75) is 39.5 Å². The minimum absolute atomic E-state index is 0.105. The van der Waals surface area contributed by atoms with Gasteiger partial charge in [-0.15, -0.1) is 6.58 Å². The van der Waals surface area contributed by atoms with Crippen LogP contribution in [0.25, 0.3) is 0 Å². The number of hydrogen-bond donors (Lipinski definition) is 0. The molecule has 0 aromatic carbocycles. The molecule has 86 valence electrons. The summed E-state index contributed by atoms with van der Waals surface area (Å²) in [7, 11) is 0. The molecule has 0 N–H and O–H groups in total. The zero-order chi connectivity index (χ0) is 11.7. The highest BCUT2D eigenvalue weighted by molar-refractivity contribution is 5.97. The summed E-state index contributed by atoms with van der Waals surface area (Å²) in [6, 6.07) is 0. The van der Waals surface area contributed by atoms with E-state index in [0.717, 1.165) is 19.3 Å². The number of Topliss-reactive ketones (excluding diaryl/α,β-unsaturated/α-hetero) is 1. The third-order valence-electron chi connectivity index (χ3n) is 2.21. The first-order valence-electron chi connectivity index (χ1n) is 5.41. The molecule has 0 aromatic rings. The minimum atomic E-state index is -0.574. The van der Waals surface area contributed by atoms with E-state index < -0.39 is 5.92 Å². The van der Waals surface area contributed by atoms with Gasteiger partial charge in [0.2, 0.25) is 0 Å². The van der Waals surface area contributed by atoms with Gasteiger partial charge in [0.25, 0.3) is 0 Å². The van der Waals surface area contributed by atoms with Gasteiger partial charge in [-0.3, -0.25) is 9.59 Å². The maximum atomic E-state index is 11.4. The van der Waals surface area contributed by atoms with Crippen LogP contribution in [-0.2, 0) is 14.3 Å². The second kappa shape index (κ2) is 8.21. The molecule has 0 saturated heterocycles. The number of esters is 1. The lowest BCUT2D eigenvalue weighted by atomic mass is 9.98. The molecular weight excluding hydrogens is 192 g/mol. The first-order valence-corrected chi connectivity index (χ1v) is 5.41. The van der Waals surface area contributed by atoms with Gasteiger partial charge in [0, 0.05) is 0 Å².